The van der Waals surface area contributed by atoms with Crippen molar-refractivity contribution < 1.29 is 9.59 Å². The van der Waals surface area contributed by atoms with Crippen molar-refractivity contribution in [3.8, 4) is 0 Å². The number of carbonyl (C=O) groups is 2. The van der Waals surface area contributed by atoms with Crippen LogP contribution in [0.2, 0.25) is 0 Å². The predicted octanol–water partition coefficient (Wildman–Crippen LogP) is 3.73. The van der Waals surface area contributed by atoms with Gasteiger partial charge >= 0.3 is 0 Å². The number of benzene rings is 2. The number of pyridine rings is 1. The number of hydrogen-bond donors (Lipinski definition) is 3. The van der Waals surface area contributed by atoms with Crippen LogP contribution in [0.4, 0.5) is 17.2 Å². The van der Waals surface area contributed by atoms with Crippen LogP contribution in [-0.2, 0) is 13.6 Å². The molecule has 0 unspecified atom stereocenters. The van der Waals surface area contributed by atoms with Gasteiger partial charge in [-0.15, -0.1) is 0 Å². The second kappa shape index (κ2) is 9.04. The van der Waals surface area contributed by atoms with Crippen molar-refractivity contribution in [2.24, 2.45) is 12.8 Å². The van der Waals surface area contributed by atoms with E-state index in [0.717, 1.165) is 22.2 Å². The normalized spacial score (nSPS) is 10.8. The van der Waals surface area contributed by atoms with Crippen LogP contribution in [0.3, 0.4) is 0 Å². The number of aromatic nitrogens is 2. The highest BCUT2D eigenvalue weighted by atomic mass is 16.2. The molecule has 2 aromatic heterocycles. The average Bonchev–Trinajstić information content (AvgIpc) is 3.19. The van der Waals surface area contributed by atoms with Crippen molar-refractivity contribution in [2.45, 2.75) is 6.54 Å². The number of primary amides is 1. The standard InChI is InChI=1S/C25H26N6O2/c1-30(2)25(33)17-7-9-19(10-8-17)29-22-13-21(20(15-28-22)24(26)32)27-14-18-6-4-5-16-11-12-31(3)23(16)18/h4-13,15H,14H2,1-3H3,(H2,26,32)(H2,27,28,29). The van der Waals surface area contributed by atoms with Crippen LogP contribution in [0.15, 0.2) is 67.0 Å². The second-order valence-corrected chi connectivity index (χ2v) is 8.02. The molecule has 4 N–H and O–H groups in total. The minimum absolute atomic E-state index is 0.0646. The number of nitrogens with two attached hydrogens (primary N) is 1. The van der Waals surface area contributed by atoms with Crippen molar-refractivity contribution in [2.75, 3.05) is 24.7 Å². The zero-order valence-electron chi connectivity index (χ0n) is 18.8. The van der Waals surface area contributed by atoms with E-state index >= 15 is 0 Å². The van der Waals surface area contributed by atoms with E-state index in [9.17, 15) is 9.59 Å². The molecule has 0 aliphatic rings. The van der Waals surface area contributed by atoms with Gasteiger partial charge in [0.2, 0.25) is 0 Å². The summed E-state index contributed by atoms with van der Waals surface area (Å²) < 4.78 is 2.07. The number of fused-ring (bicyclic) bond motifs is 1. The molecule has 0 saturated heterocycles. The van der Waals surface area contributed by atoms with E-state index in [0.29, 0.717) is 29.2 Å². The van der Waals surface area contributed by atoms with Crippen molar-refractivity contribution in [3.63, 3.8) is 0 Å². The third-order valence-corrected chi connectivity index (χ3v) is 5.43. The number of anilines is 3. The predicted molar refractivity (Wildman–Crippen MR) is 131 cm³/mol. The zero-order valence-corrected chi connectivity index (χ0v) is 18.8. The molecule has 0 fully saturated rings. The van der Waals surface area contributed by atoms with Crippen LogP contribution in [0, 0.1) is 0 Å². The Hall–Kier alpha value is -4.33. The fourth-order valence-corrected chi connectivity index (χ4v) is 3.74. The third kappa shape index (κ3) is 4.64. The third-order valence-electron chi connectivity index (χ3n) is 5.43. The van der Waals surface area contributed by atoms with Gasteiger partial charge in [0.15, 0.2) is 0 Å². The van der Waals surface area contributed by atoms with E-state index in [4.69, 9.17) is 5.73 Å². The van der Waals surface area contributed by atoms with Gasteiger partial charge in [0.05, 0.1) is 16.8 Å². The minimum atomic E-state index is -0.555. The van der Waals surface area contributed by atoms with Crippen molar-refractivity contribution in [1.29, 1.82) is 0 Å². The summed E-state index contributed by atoms with van der Waals surface area (Å²) >= 11 is 0. The van der Waals surface area contributed by atoms with Gasteiger partial charge in [0.1, 0.15) is 5.82 Å². The van der Waals surface area contributed by atoms with E-state index in [1.54, 1.807) is 32.3 Å². The molecule has 2 heterocycles. The highest BCUT2D eigenvalue weighted by Crippen LogP contribution is 2.25. The maximum Gasteiger partial charge on any atom is 0.253 e. The molecular formula is C25H26N6O2. The smallest absolute Gasteiger partial charge is 0.253 e. The number of carbonyl (C=O) groups excluding carboxylic acids is 2. The maximum atomic E-state index is 12.1. The van der Waals surface area contributed by atoms with E-state index < -0.39 is 5.91 Å². The minimum Gasteiger partial charge on any atom is -0.380 e. The highest BCUT2D eigenvalue weighted by molar-refractivity contribution is 5.99. The van der Waals surface area contributed by atoms with E-state index in [1.807, 2.05) is 31.4 Å². The molecule has 168 valence electrons. The molecule has 4 aromatic rings. The highest BCUT2D eigenvalue weighted by Gasteiger charge is 2.13. The zero-order chi connectivity index (χ0) is 23.5. The van der Waals surface area contributed by atoms with Crippen LogP contribution in [-0.4, -0.2) is 40.4 Å². The quantitative estimate of drug-likeness (QED) is 0.404. The fourth-order valence-electron chi connectivity index (χ4n) is 3.74. The van der Waals surface area contributed by atoms with Gasteiger partial charge in [0.25, 0.3) is 11.8 Å². The Labute approximate surface area is 192 Å². The van der Waals surface area contributed by atoms with Crippen LogP contribution in [0.1, 0.15) is 26.3 Å². The molecule has 8 heteroatoms. The Balaban J connectivity index is 1.56. The molecule has 0 radical (unpaired) electrons. The number of nitrogens with zero attached hydrogens (tertiary/aromatic N) is 3. The molecule has 0 aliphatic heterocycles. The lowest BCUT2D eigenvalue weighted by atomic mass is 10.1. The Kier molecular flexibility index (Phi) is 5.99. The number of hydrogen-bond acceptors (Lipinski definition) is 5. The van der Waals surface area contributed by atoms with Gasteiger partial charge in [-0.3, -0.25) is 9.59 Å². The second-order valence-electron chi connectivity index (χ2n) is 8.02. The molecule has 0 spiro atoms. The molecule has 33 heavy (non-hydrogen) atoms. The average molecular weight is 443 g/mol. The van der Waals surface area contributed by atoms with Crippen LogP contribution < -0.4 is 16.4 Å². The van der Waals surface area contributed by atoms with Gasteiger partial charge in [0, 0.05) is 57.4 Å². The Morgan fingerprint density at radius 1 is 1.09 bits per heavy atom. The molecule has 8 nitrogen and oxygen atoms in total. The molecule has 2 aromatic carbocycles. The van der Waals surface area contributed by atoms with Crippen LogP contribution in [0.5, 0.6) is 0 Å². The molecule has 0 bridgehead atoms. The first-order valence-corrected chi connectivity index (χ1v) is 10.5. The van der Waals surface area contributed by atoms with Gasteiger partial charge < -0.3 is 25.8 Å². The van der Waals surface area contributed by atoms with Crippen molar-refractivity contribution in [1.82, 2.24) is 14.5 Å². The molecular weight excluding hydrogens is 416 g/mol. The first kappa shape index (κ1) is 21.9. The number of rotatable bonds is 7. The summed E-state index contributed by atoms with van der Waals surface area (Å²) in [4.78, 5) is 29.9. The molecule has 0 atom stereocenters. The van der Waals surface area contributed by atoms with Gasteiger partial charge in [-0.25, -0.2) is 4.98 Å². The number of aryl methyl sites for hydroxylation is 1. The summed E-state index contributed by atoms with van der Waals surface area (Å²) in [6.07, 6.45) is 3.48. The van der Waals surface area contributed by atoms with E-state index in [2.05, 4.69) is 38.4 Å². The molecule has 4 rings (SSSR count). The van der Waals surface area contributed by atoms with Crippen molar-refractivity contribution >= 4 is 39.9 Å². The summed E-state index contributed by atoms with van der Waals surface area (Å²) in [5, 5.41) is 7.70. The van der Waals surface area contributed by atoms with Crippen LogP contribution in [0.25, 0.3) is 10.9 Å². The number of nitrogens with one attached hydrogen (secondary N) is 2. The Bertz CT molecular complexity index is 1320. The first-order chi connectivity index (χ1) is 15.8. The summed E-state index contributed by atoms with van der Waals surface area (Å²) in [7, 11) is 5.43. The maximum absolute atomic E-state index is 12.1. The van der Waals surface area contributed by atoms with Gasteiger partial charge in [-0.2, -0.15) is 0 Å². The monoisotopic (exact) mass is 442 g/mol. The van der Waals surface area contributed by atoms with E-state index in [-0.39, 0.29) is 5.91 Å². The fraction of sp³-hybridized carbons (Fsp3) is 0.160. The first-order valence-electron chi connectivity index (χ1n) is 10.5. The Morgan fingerprint density at radius 3 is 2.55 bits per heavy atom. The molecule has 0 aliphatic carbocycles. The SMILES string of the molecule is CN(C)C(=O)c1ccc(Nc2cc(NCc3cccc4ccn(C)c34)c(C(N)=O)cn2)cc1. The summed E-state index contributed by atoms with van der Waals surface area (Å²) in [6.45, 7) is 0.514. The summed E-state index contributed by atoms with van der Waals surface area (Å²) in [5.74, 6) is -0.0725. The van der Waals surface area contributed by atoms with Crippen LogP contribution >= 0.6 is 0 Å². The molecule has 2 amide bonds. The van der Waals surface area contributed by atoms with E-state index in [1.165, 1.54) is 11.1 Å². The Morgan fingerprint density at radius 2 is 1.85 bits per heavy atom. The molecule has 0 saturated carbocycles. The number of amides is 2. The topological polar surface area (TPSA) is 105 Å². The summed E-state index contributed by atoms with van der Waals surface area (Å²) in [6, 6.07) is 17.1. The van der Waals surface area contributed by atoms with Gasteiger partial charge in [-0.1, -0.05) is 18.2 Å². The lowest BCUT2D eigenvalue weighted by Gasteiger charge is -2.14. The van der Waals surface area contributed by atoms with Crippen molar-refractivity contribution in [3.05, 3.63) is 83.7 Å². The lowest BCUT2D eigenvalue weighted by Crippen LogP contribution is -2.21. The van der Waals surface area contributed by atoms with Gasteiger partial charge in [-0.05, 0) is 41.3 Å². The largest absolute Gasteiger partial charge is 0.380 e. The summed E-state index contributed by atoms with van der Waals surface area (Å²) in [5.41, 5.74) is 10.1. The lowest BCUT2D eigenvalue weighted by molar-refractivity contribution is 0.0827. The number of para-hydroxylation sites is 1.